The third-order valence-corrected chi connectivity index (χ3v) is 7.12. The summed E-state index contributed by atoms with van der Waals surface area (Å²) in [6.45, 7) is 0. The van der Waals surface area contributed by atoms with Crippen LogP contribution in [0.5, 0.6) is 0 Å². The number of benzene rings is 4. The number of nitrogens with one attached hydrogen (secondary N) is 2. The summed E-state index contributed by atoms with van der Waals surface area (Å²) >= 11 is 5.79. The molecular weight excluding hydrogens is 548 g/mol. The van der Waals surface area contributed by atoms with Crippen molar-refractivity contribution in [2.75, 3.05) is 14.2 Å². The Balaban J connectivity index is 1.62. The van der Waals surface area contributed by atoms with Gasteiger partial charge < -0.3 is 20.1 Å². The molecule has 42 heavy (non-hydrogen) atoms. The van der Waals surface area contributed by atoms with Crippen LogP contribution in [0.3, 0.4) is 0 Å². The zero-order valence-electron chi connectivity index (χ0n) is 23.4. The molecule has 1 amide bonds. The number of methoxy groups -OCH3 is 2. The van der Waals surface area contributed by atoms with Crippen molar-refractivity contribution in [3.8, 4) is 11.1 Å². The summed E-state index contributed by atoms with van der Waals surface area (Å²) in [6, 6.07) is 31.9. The Labute approximate surface area is 250 Å². The van der Waals surface area contributed by atoms with Gasteiger partial charge in [-0.1, -0.05) is 115 Å². The lowest BCUT2D eigenvalue weighted by atomic mass is 9.94. The van der Waals surface area contributed by atoms with Gasteiger partial charge in [0.1, 0.15) is 17.1 Å². The number of amides is 1. The minimum absolute atomic E-state index is 0.280. The van der Waals surface area contributed by atoms with Crippen LogP contribution in [0.2, 0.25) is 0 Å². The number of hydrogen-bond acceptors (Lipinski definition) is 6. The van der Waals surface area contributed by atoms with Gasteiger partial charge in [-0.25, -0.2) is 9.59 Å². The fourth-order valence-electron chi connectivity index (χ4n) is 4.67. The van der Waals surface area contributed by atoms with Crippen molar-refractivity contribution >= 4 is 35.1 Å². The molecule has 0 aromatic heterocycles. The van der Waals surface area contributed by atoms with Crippen LogP contribution in [-0.4, -0.2) is 49.1 Å². The number of rotatable bonds is 11. The molecule has 0 heterocycles. The van der Waals surface area contributed by atoms with E-state index in [1.54, 1.807) is 12.1 Å². The molecule has 0 saturated heterocycles. The molecule has 0 radical (unpaired) electrons. The molecule has 0 fully saturated rings. The molecule has 2 atom stereocenters. The molecule has 214 valence electrons. The van der Waals surface area contributed by atoms with Gasteiger partial charge in [-0.2, -0.15) is 0 Å². The molecule has 4 aromatic carbocycles. The lowest BCUT2D eigenvalue weighted by Gasteiger charge is -2.21. The first-order valence-corrected chi connectivity index (χ1v) is 13.9. The van der Waals surface area contributed by atoms with E-state index < -0.39 is 29.9 Å². The highest BCUT2D eigenvalue weighted by atomic mass is 32.1. The zero-order valence-corrected chi connectivity index (χ0v) is 24.2. The largest absolute Gasteiger partial charge is 0.467 e. The van der Waals surface area contributed by atoms with Crippen LogP contribution in [0.1, 0.15) is 27.0 Å². The number of carbonyl (C=O) groups is 3. The summed E-state index contributed by atoms with van der Waals surface area (Å²) in [4.78, 5) is 39.2. The first-order valence-electron chi connectivity index (χ1n) is 13.4. The second-order valence-electron chi connectivity index (χ2n) is 9.57. The van der Waals surface area contributed by atoms with Crippen molar-refractivity contribution in [1.82, 2.24) is 10.6 Å². The minimum Gasteiger partial charge on any atom is -0.467 e. The van der Waals surface area contributed by atoms with Crippen molar-refractivity contribution in [3.63, 3.8) is 0 Å². The van der Waals surface area contributed by atoms with Gasteiger partial charge in [0.15, 0.2) is 0 Å². The summed E-state index contributed by atoms with van der Waals surface area (Å²) in [7, 11) is 2.64. The zero-order chi connectivity index (χ0) is 29.9. The minimum atomic E-state index is -0.880. The fraction of sp³-hybridized carbons (Fsp3) is 0.176. The number of thiocarbonyl (C=S) groups is 1. The standard InChI is InChI=1S/C34H32N2O5S/c1-40-33(38)29(21-23-13-5-3-6-14-23)35-31(37)27-19-11-9-17-25(27)26-18-10-12-20-28(26)32(42)36-30(34(39)41-2)22-24-15-7-4-8-16-24/h3-20,29-30H,21-22H2,1-2H3,(H,35,37)(H,36,42)/t29-,30-/m0/s1. The van der Waals surface area contributed by atoms with Gasteiger partial charge in [-0.3, -0.25) is 4.79 Å². The third kappa shape index (κ3) is 7.67. The van der Waals surface area contributed by atoms with E-state index in [0.29, 0.717) is 33.7 Å². The topological polar surface area (TPSA) is 93.7 Å². The quantitative estimate of drug-likeness (QED) is 0.192. The molecule has 0 aliphatic rings. The predicted molar refractivity (Wildman–Crippen MR) is 166 cm³/mol. The molecule has 8 heteroatoms. The number of esters is 2. The second kappa shape index (κ2) is 14.7. The molecule has 2 N–H and O–H groups in total. The molecule has 4 aromatic rings. The molecule has 0 spiro atoms. The van der Waals surface area contributed by atoms with E-state index >= 15 is 0 Å². The highest BCUT2D eigenvalue weighted by Gasteiger charge is 2.26. The smallest absolute Gasteiger partial charge is 0.328 e. The Morgan fingerprint density at radius 2 is 1.00 bits per heavy atom. The molecule has 7 nitrogen and oxygen atoms in total. The van der Waals surface area contributed by atoms with Crippen molar-refractivity contribution < 1.29 is 23.9 Å². The monoisotopic (exact) mass is 580 g/mol. The van der Waals surface area contributed by atoms with Gasteiger partial charge in [-0.15, -0.1) is 0 Å². The van der Waals surface area contributed by atoms with Crippen molar-refractivity contribution in [1.29, 1.82) is 0 Å². The maximum Gasteiger partial charge on any atom is 0.328 e. The second-order valence-corrected chi connectivity index (χ2v) is 9.98. The fourth-order valence-corrected chi connectivity index (χ4v) is 4.99. The molecular formula is C34H32N2O5S. The van der Waals surface area contributed by atoms with E-state index in [1.165, 1.54) is 14.2 Å². The molecule has 0 saturated carbocycles. The summed E-state index contributed by atoms with van der Waals surface area (Å²) in [5.74, 6) is -1.41. The van der Waals surface area contributed by atoms with Gasteiger partial charge in [0.05, 0.1) is 14.2 Å². The van der Waals surface area contributed by atoms with Crippen LogP contribution < -0.4 is 10.6 Å². The van der Waals surface area contributed by atoms with Crippen LogP contribution in [0.4, 0.5) is 0 Å². The lowest BCUT2D eigenvalue weighted by molar-refractivity contribution is -0.143. The molecule has 0 bridgehead atoms. The van der Waals surface area contributed by atoms with E-state index in [0.717, 1.165) is 11.1 Å². The van der Waals surface area contributed by atoms with Gasteiger partial charge in [0, 0.05) is 24.0 Å². The summed E-state index contributed by atoms with van der Waals surface area (Å²) in [5.41, 5.74) is 4.16. The SMILES string of the molecule is COC(=O)[C@H](Cc1ccccc1)NC(=O)c1ccccc1-c1ccccc1C(=S)N[C@@H](Cc1ccccc1)C(=O)OC. The van der Waals surface area contributed by atoms with E-state index in [-0.39, 0.29) is 6.42 Å². The van der Waals surface area contributed by atoms with E-state index in [1.807, 2.05) is 97.1 Å². The first-order chi connectivity index (χ1) is 20.4. The number of hydrogen-bond donors (Lipinski definition) is 2. The first kappa shape index (κ1) is 30.1. The average molecular weight is 581 g/mol. The maximum absolute atomic E-state index is 13.6. The molecule has 0 aliphatic carbocycles. The van der Waals surface area contributed by atoms with Crippen LogP contribution in [0.25, 0.3) is 11.1 Å². The lowest BCUT2D eigenvalue weighted by Crippen LogP contribution is -2.43. The number of ether oxygens (including phenoxy) is 2. The Hall–Kier alpha value is -4.82. The van der Waals surface area contributed by atoms with E-state index in [9.17, 15) is 14.4 Å². The van der Waals surface area contributed by atoms with Gasteiger partial charge in [0.25, 0.3) is 5.91 Å². The Bertz CT molecular complexity index is 1430. The van der Waals surface area contributed by atoms with Gasteiger partial charge in [-0.05, 0) is 28.3 Å². The van der Waals surface area contributed by atoms with Crippen molar-refractivity contribution in [2.45, 2.75) is 24.9 Å². The summed E-state index contributed by atoms with van der Waals surface area (Å²) in [5, 5.41) is 6.02. The van der Waals surface area contributed by atoms with E-state index in [2.05, 4.69) is 10.6 Å². The Morgan fingerprint density at radius 3 is 1.50 bits per heavy atom. The summed E-state index contributed by atoms with van der Waals surface area (Å²) < 4.78 is 10.0. The van der Waals surface area contributed by atoms with E-state index in [4.69, 9.17) is 21.7 Å². The Morgan fingerprint density at radius 1 is 0.595 bits per heavy atom. The molecule has 0 unspecified atom stereocenters. The van der Waals surface area contributed by atoms with Crippen LogP contribution in [-0.2, 0) is 31.9 Å². The predicted octanol–water partition coefficient (Wildman–Crippen LogP) is 4.92. The highest BCUT2D eigenvalue weighted by molar-refractivity contribution is 7.80. The van der Waals surface area contributed by atoms with Gasteiger partial charge in [0.2, 0.25) is 0 Å². The highest BCUT2D eigenvalue weighted by Crippen LogP contribution is 2.28. The molecule has 4 rings (SSSR count). The van der Waals surface area contributed by atoms with Crippen molar-refractivity contribution in [3.05, 3.63) is 131 Å². The molecule has 0 aliphatic heterocycles. The summed E-state index contributed by atoms with van der Waals surface area (Å²) in [6.07, 6.45) is 0.660. The maximum atomic E-state index is 13.6. The van der Waals surface area contributed by atoms with Crippen LogP contribution in [0.15, 0.2) is 109 Å². The number of carbonyl (C=O) groups excluding carboxylic acids is 3. The van der Waals surface area contributed by atoms with Gasteiger partial charge >= 0.3 is 11.9 Å². The van der Waals surface area contributed by atoms with Crippen LogP contribution >= 0.6 is 12.2 Å². The Kier molecular flexibility index (Phi) is 10.6. The van der Waals surface area contributed by atoms with Crippen LogP contribution in [0, 0.1) is 0 Å². The van der Waals surface area contributed by atoms with Crippen molar-refractivity contribution in [2.24, 2.45) is 0 Å². The third-order valence-electron chi connectivity index (χ3n) is 6.78. The normalized spacial score (nSPS) is 12.0. The average Bonchev–Trinajstić information content (AvgIpc) is 3.04.